The molecule has 1 fully saturated rings. The summed E-state index contributed by atoms with van der Waals surface area (Å²) in [6.45, 7) is 0.0410. The van der Waals surface area contributed by atoms with Gasteiger partial charge in [0.15, 0.2) is 0 Å². The van der Waals surface area contributed by atoms with Crippen LogP contribution in [0, 0.1) is 0 Å². The third-order valence-electron chi connectivity index (χ3n) is 4.76. The maximum absolute atomic E-state index is 12.9. The smallest absolute Gasteiger partial charge is 0.335 e. The average Bonchev–Trinajstić information content (AvgIpc) is 2.97. The second-order valence-corrected chi connectivity index (χ2v) is 6.50. The van der Waals surface area contributed by atoms with Gasteiger partial charge >= 0.3 is 12.0 Å². The van der Waals surface area contributed by atoms with E-state index in [4.69, 9.17) is 10.5 Å². The van der Waals surface area contributed by atoms with Crippen molar-refractivity contribution in [2.24, 2.45) is 5.73 Å². The van der Waals surface area contributed by atoms with E-state index in [9.17, 15) is 19.5 Å². The summed E-state index contributed by atoms with van der Waals surface area (Å²) in [5.74, 6) is -1.29. The van der Waals surface area contributed by atoms with Crippen LogP contribution in [0.3, 0.4) is 0 Å². The van der Waals surface area contributed by atoms with Crippen LogP contribution in [0.15, 0.2) is 48.5 Å². The van der Waals surface area contributed by atoms with Crippen molar-refractivity contribution in [3.05, 3.63) is 59.7 Å². The van der Waals surface area contributed by atoms with Crippen LogP contribution in [0.4, 0.5) is 10.5 Å². The number of carboxylic acids is 1. The van der Waals surface area contributed by atoms with E-state index in [2.05, 4.69) is 0 Å². The van der Waals surface area contributed by atoms with E-state index in [1.54, 1.807) is 6.07 Å². The van der Waals surface area contributed by atoms with Crippen molar-refractivity contribution in [1.29, 1.82) is 0 Å². The van der Waals surface area contributed by atoms with Crippen molar-refractivity contribution >= 4 is 23.6 Å². The lowest BCUT2D eigenvalue weighted by Crippen LogP contribution is -2.44. The predicted molar refractivity (Wildman–Crippen MR) is 95.6 cm³/mol. The minimum Gasteiger partial charge on any atom is -0.481 e. The molecule has 138 valence electrons. The van der Waals surface area contributed by atoms with Gasteiger partial charge in [0, 0.05) is 6.54 Å². The quantitative estimate of drug-likeness (QED) is 0.852. The van der Waals surface area contributed by atoms with E-state index in [-0.39, 0.29) is 18.7 Å². The number of nitrogens with zero attached hydrogens (tertiary/aromatic N) is 2. The molecule has 2 aliphatic heterocycles. The van der Waals surface area contributed by atoms with Crippen LogP contribution >= 0.6 is 0 Å². The first-order chi connectivity index (χ1) is 13.0. The third-order valence-corrected chi connectivity index (χ3v) is 4.76. The number of fused-ring (bicyclic) bond motifs is 3. The number of hydrogen-bond acceptors (Lipinski definition) is 4. The van der Waals surface area contributed by atoms with Crippen molar-refractivity contribution in [1.82, 2.24) is 4.90 Å². The Hall–Kier alpha value is -3.55. The van der Waals surface area contributed by atoms with Crippen molar-refractivity contribution < 1.29 is 24.2 Å². The molecule has 1 saturated heterocycles. The number of carbonyl (C=O) groups is 3. The molecule has 2 atom stereocenters. The summed E-state index contributed by atoms with van der Waals surface area (Å²) in [5, 5.41) is 9.28. The minimum absolute atomic E-state index is 0.0513. The second-order valence-electron chi connectivity index (χ2n) is 6.50. The summed E-state index contributed by atoms with van der Waals surface area (Å²) < 4.78 is 6.14. The largest absolute Gasteiger partial charge is 0.481 e. The zero-order chi connectivity index (χ0) is 19.1. The fourth-order valence-electron chi connectivity index (χ4n) is 3.60. The molecule has 0 bridgehead atoms. The Morgan fingerprint density at radius 1 is 1.19 bits per heavy atom. The first-order valence-electron chi connectivity index (χ1n) is 8.41. The summed E-state index contributed by atoms with van der Waals surface area (Å²) in [4.78, 5) is 38.5. The third kappa shape index (κ3) is 2.84. The summed E-state index contributed by atoms with van der Waals surface area (Å²) in [6, 6.07) is 13.0. The molecule has 0 aliphatic carbocycles. The van der Waals surface area contributed by atoms with Gasteiger partial charge in [-0.1, -0.05) is 30.3 Å². The summed E-state index contributed by atoms with van der Waals surface area (Å²) >= 11 is 0. The number of nitrogens with two attached hydrogens (primary N) is 1. The molecule has 27 heavy (non-hydrogen) atoms. The van der Waals surface area contributed by atoms with Crippen molar-refractivity contribution in [3.63, 3.8) is 0 Å². The highest BCUT2D eigenvalue weighted by molar-refractivity contribution is 6.00. The Labute approximate surface area is 154 Å². The Morgan fingerprint density at radius 3 is 2.59 bits per heavy atom. The fourth-order valence-corrected chi connectivity index (χ4v) is 3.60. The van der Waals surface area contributed by atoms with Crippen LogP contribution in [-0.4, -0.2) is 47.0 Å². The number of carbonyl (C=O) groups excluding carboxylic acids is 2. The Kier molecular flexibility index (Phi) is 3.95. The molecule has 0 radical (unpaired) electrons. The molecule has 2 heterocycles. The average molecular weight is 367 g/mol. The molecule has 4 rings (SSSR count). The predicted octanol–water partition coefficient (Wildman–Crippen LogP) is 1.61. The molecule has 2 aliphatic rings. The zero-order valence-electron chi connectivity index (χ0n) is 14.2. The Bertz CT molecular complexity index is 930. The molecule has 8 heteroatoms. The number of ether oxygens (including phenoxy) is 1. The number of carboxylic acid groups (broad SMARTS) is 1. The van der Waals surface area contributed by atoms with Gasteiger partial charge in [0.2, 0.25) is 5.91 Å². The minimum atomic E-state index is -1.10. The zero-order valence-corrected chi connectivity index (χ0v) is 14.2. The number of urea groups is 1. The Balaban J connectivity index is 1.81. The highest BCUT2D eigenvalue weighted by Gasteiger charge is 2.48. The van der Waals surface area contributed by atoms with E-state index < -0.39 is 30.1 Å². The normalized spacial score (nSPS) is 20.7. The van der Waals surface area contributed by atoms with Gasteiger partial charge in [-0.2, -0.15) is 0 Å². The lowest BCUT2D eigenvalue weighted by atomic mass is 9.98. The number of primary amides is 1. The Morgan fingerprint density at radius 2 is 1.93 bits per heavy atom. The number of anilines is 1. The van der Waals surface area contributed by atoms with Crippen molar-refractivity contribution in [2.75, 3.05) is 18.0 Å². The van der Waals surface area contributed by atoms with E-state index >= 15 is 0 Å². The molecular formula is C19H17N3O5. The van der Waals surface area contributed by atoms with E-state index in [1.807, 2.05) is 30.3 Å². The molecule has 3 amide bonds. The highest BCUT2D eigenvalue weighted by atomic mass is 16.5. The molecule has 2 aromatic carbocycles. The lowest BCUT2D eigenvalue weighted by molar-refractivity contribution is -0.118. The number of hydrogen-bond donors (Lipinski definition) is 2. The number of aromatic carboxylic acids is 1. The lowest BCUT2D eigenvalue weighted by Gasteiger charge is -2.37. The van der Waals surface area contributed by atoms with Gasteiger partial charge in [0.05, 0.1) is 17.3 Å². The van der Waals surface area contributed by atoms with Gasteiger partial charge in [-0.15, -0.1) is 0 Å². The van der Waals surface area contributed by atoms with Gasteiger partial charge < -0.3 is 20.5 Å². The van der Waals surface area contributed by atoms with Crippen LogP contribution in [-0.2, 0) is 4.79 Å². The van der Waals surface area contributed by atoms with Crippen molar-refractivity contribution in [3.8, 4) is 5.75 Å². The molecule has 0 spiro atoms. The highest BCUT2D eigenvalue weighted by Crippen LogP contribution is 2.45. The maximum atomic E-state index is 12.9. The first-order valence-corrected chi connectivity index (χ1v) is 8.41. The molecule has 3 N–H and O–H groups in total. The van der Waals surface area contributed by atoms with Gasteiger partial charge in [-0.05, 0) is 23.8 Å². The maximum Gasteiger partial charge on any atom is 0.335 e. The van der Waals surface area contributed by atoms with Gasteiger partial charge in [-0.25, -0.2) is 9.59 Å². The van der Waals surface area contributed by atoms with Crippen LogP contribution < -0.4 is 15.4 Å². The van der Waals surface area contributed by atoms with Crippen molar-refractivity contribution in [2.45, 2.75) is 12.1 Å². The standard InChI is InChI=1S/C19H17N3O5/c20-16(23)10-21-9-14-17(11-4-2-1-3-5-11)27-15-7-6-12(18(24)25)8-13(15)22(14)19(21)26/h1-8,14,17H,9-10H2,(H2,20,23)(H,24,25). The molecule has 0 saturated carbocycles. The summed E-state index contributed by atoms with van der Waals surface area (Å²) in [6.07, 6.45) is -0.448. The van der Waals surface area contributed by atoms with E-state index in [1.165, 1.54) is 21.9 Å². The number of rotatable bonds is 4. The van der Waals surface area contributed by atoms with Gasteiger partial charge in [-0.3, -0.25) is 9.69 Å². The summed E-state index contributed by atoms with van der Waals surface area (Å²) in [7, 11) is 0. The number of benzene rings is 2. The van der Waals surface area contributed by atoms with Gasteiger partial charge in [0.1, 0.15) is 18.4 Å². The van der Waals surface area contributed by atoms with Crippen LogP contribution in [0.5, 0.6) is 5.75 Å². The van der Waals surface area contributed by atoms with Crippen LogP contribution in [0.2, 0.25) is 0 Å². The van der Waals surface area contributed by atoms with Crippen LogP contribution in [0.25, 0.3) is 0 Å². The van der Waals surface area contributed by atoms with Gasteiger partial charge in [0.25, 0.3) is 0 Å². The molecule has 0 aromatic heterocycles. The van der Waals surface area contributed by atoms with Crippen LogP contribution in [0.1, 0.15) is 22.0 Å². The summed E-state index contributed by atoms with van der Waals surface area (Å²) in [5.41, 5.74) is 6.58. The molecule has 2 unspecified atom stereocenters. The fraction of sp³-hybridized carbons (Fsp3) is 0.211. The van der Waals surface area contributed by atoms with E-state index in [0.29, 0.717) is 11.4 Å². The monoisotopic (exact) mass is 367 g/mol. The second kappa shape index (κ2) is 6.31. The first kappa shape index (κ1) is 16.9. The molecular weight excluding hydrogens is 350 g/mol. The number of amides is 3. The van der Waals surface area contributed by atoms with E-state index in [0.717, 1.165) is 5.56 Å². The molecule has 2 aromatic rings. The SMILES string of the molecule is NC(=O)CN1CC2C(c3ccccc3)Oc3ccc(C(=O)O)cc3N2C1=O. The topological polar surface area (TPSA) is 113 Å². The molecule has 8 nitrogen and oxygen atoms in total.